The van der Waals surface area contributed by atoms with Crippen LogP contribution in [0.2, 0.25) is 0 Å². The van der Waals surface area contributed by atoms with E-state index in [1.165, 1.54) is 42.5 Å². The van der Waals surface area contributed by atoms with Crippen LogP contribution in [0.25, 0.3) is 0 Å². The first-order chi connectivity index (χ1) is 15.7. The molecule has 0 amide bonds. The van der Waals surface area contributed by atoms with E-state index in [1.54, 1.807) is 0 Å². The number of esters is 1. The Morgan fingerprint density at radius 1 is 0.938 bits per heavy atom. The maximum atomic E-state index is 11.3. The Balaban J connectivity index is 1.30. The van der Waals surface area contributed by atoms with Gasteiger partial charge in [-0.3, -0.25) is 4.79 Å². The van der Waals surface area contributed by atoms with Gasteiger partial charge in [-0.1, -0.05) is 55.5 Å². The molecule has 4 heteroatoms. The summed E-state index contributed by atoms with van der Waals surface area (Å²) < 4.78 is 5.27. The van der Waals surface area contributed by atoms with Crippen molar-refractivity contribution in [3.05, 3.63) is 65.7 Å². The number of carbonyl (C=O) groups excluding carboxylic acids is 1. The molecule has 32 heavy (non-hydrogen) atoms. The van der Waals surface area contributed by atoms with Gasteiger partial charge in [-0.2, -0.15) is 0 Å². The largest absolute Gasteiger partial charge is 0.466 e. The molecule has 2 aromatic carbocycles. The maximum absolute atomic E-state index is 11.3. The molecular weight excluding hydrogens is 396 g/mol. The third kappa shape index (κ3) is 5.92. The normalized spacial score (nSPS) is 19.9. The molecule has 4 rings (SSSR count). The minimum Gasteiger partial charge on any atom is -0.466 e. The van der Waals surface area contributed by atoms with Crippen LogP contribution in [0.5, 0.6) is 0 Å². The number of hydrogen-bond acceptors (Lipinski definition) is 4. The molecule has 1 fully saturated rings. The monoisotopic (exact) mass is 434 g/mol. The average molecular weight is 435 g/mol. The second-order valence-electron chi connectivity index (χ2n) is 9.30. The number of hydrogen-bond donors (Lipinski definition) is 0. The zero-order chi connectivity index (χ0) is 22.2. The van der Waals surface area contributed by atoms with Gasteiger partial charge in [0, 0.05) is 37.7 Å². The molecule has 2 aromatic rings. The second-order valence-corrected chi connectivity index (χ2v) is 9.30. The summed E-state index contributed by atoms with van der Waals surface area (Å²) in [7, 11) is 0. The number of rotatable bonds is 8. The molecule has 1 saturated heterocycles. The van der Waals surface area contributed by atoms with Crippen molar-refractivity contribution in [1.29, 1.82) is 0 Å². The third-order valence-electron chi connectivity index (χ3n) is 7.25. The van der Waals surface area contributed by atoms with Crippen molar-refractivity contribution in [3.8, 4) is 0 Å². The van der Waals surface area contributed by atoms with E-state index < -0.39 is 0 Å². The highest BCUT2D eigenvalue weighted by atomic mass is 16.5. The van der Waals surface area contributed by atoms with Gasteiger partial charge >= 0.3 is 5.97 Å². The van der Waals surface area contributed by atoms with Crippen molar-refractivity contribution in [3.63, 3.8) is 0 Å². The lowest BCUT2D eigenvalue weighted by atomic mass is 9.87. The number of likely N-dealkylation sites (tertiary alicyclic amines) is 1. The van der Waals surface area contributed by atoms with Gasteiger partial charge in [0.15, 0.2) is 0 Å². The summed E-state index contributed by atoms with van der Waals surface area (Å²) in [5, 5.41) is 0. The molecule has 0 aliphatic carbocycles. The van der Waals surface area contributed by atoms with E-state index in [1.807, 2.05) is 6.92 Å². The van der Waals surface area contributed by atoms with E-state index in [4.69, 9.17) is 4.74 Å². The number of piperidine rings is 1. The molecule has 0 N–H and O–H groups in total. The second kappa shape index (κ2) is 11.5. The highest BCUT2D eigenvalue weighted by molar-refractivity contribution is 5.68. The van der Waals surface area contributed by atoms with E-state index in [9.17, 15) is 4.79 Å². The van der Waals surface area contributed by atoms with Crippen LogP contribution in [0.3, 0.4) is 0 Å². The Bertz CT molecular complexity index is 846. The van der Waals surface area contributed by atoms with Crippen molar-refractivity contribution in [1.82, 2.24) is 4.90 Å². The number of ether oxygens (including phenoxy) is 1. The van der Waals surface area contributed by atoms with Crippen molar-refractivity contribution in [2.75, 3.05) is 44.2 Å². The molecule has 0 spiro atoms. The van der Waals surface area contributed by atoms with Gasteiger partial charge in [0.25, 0.3) is 0 Å². The lowest BCUT2D eigenvalue weighted by Crippen LogP contribution is -2.40. The molecule has 0 bridgehead atoms. The lowest BCUT2D eigenvalue weighted by molar-refractivity contribution is -0.143. The standard InChI is InChI=1S/C28H38N2O2/c1-2-28(31)32-22-16-23-14-18-29(19-15-23)20-21-30-17-8-12-25(24-9-4-3-5-10-24)26-11-6-7-13-27(26)30/h3-7,9-11,13,23,25H,2,8,12,14-22H2,1H3. The Morgan fingerprint density at radius 2 is 1.69 bits per heavy atom. The van der Waals surface area contributed by atoms with E-state index in [0.717, 1.165) is 39.1 Å². The minimum atomic E-state index is -0.0744. The molecule has 4 nitrogen and oxygen atoms in total. The van der Waals surface area contributed by atoms with Gasteiger partial charge in [0.05, 0.1) is 6.61 Å². The summed E-state index contributed by atoms with van der Waals surface area (Å²) in [6.45, 7) is 8.12. The number of anilines is 1. The van der Waals surface area contributed by atoms with Gasteiger partial charge in [0.1, 0.15) is 0 Å². The molecule has 2 aliphatic rings. The van der Waals surface area contributed by atoms with E-state index in [2.05, 4.69) is 64.4 Å². The lowest BCUT2D eigenvalue weighted by Gasteiger charge is -2.34. The molecule has 0 saturated carbocycles. The van der Waals surface area contributed by atoms with E-state index >= 15 is 0 Å². The molecule has 2 heterocycles. The summed E-state index contributed by atoms with van der Waals surface area (Å²) >= 11 is 0. The predicted molar refractivity (Wildman–Crippen MR) is 131 cm³/mol. The maximum Gasteiger partial charge on any atom is 0.305 e. The Hall–Kier alpha value is -2.33. The van der Waals surface area contributed by atoms with Crippen molar-refractivity contribution in [2.24, 2.45) is 5.92 Å². The zero-order valence-corrected chi connectivity index (χ0v) is 19.5. The minimum absolute atomic E-state index is 0.0744. The van der Waals surface area contributed by atoms with E-state index in [-0.39, 0.29) is 5.97 Å². The summed E-state index contributed by atoms with van der Waals surface area (Å²) in [4.78, 5) is 16.6. The van der Waals surface area contributed by atoms with E-state index in [0.29, 0.717) is 24.9 Å². The molecule has 0 aromatic heterocycles. The summed E-state index contributed by atoms with van der Waals surface area (Å²) in [5.74, 6) is 1.12. The first-order valence-corrected chi connectivity index (χ1v) is 12.5. The van der Waals surface area contributed by atoms with Crippen LogP contribution in [0.15, 0.2) is 54.6 Å². The van der Waals surface area contributed by atoms with Crippen LogP contribution in [0, 0.1) is 5.92 Å². The van der Waals surface area contributed by atoms with Gasteiger partial charge in [-0.25, -0.2) is 0 Å². The number of para-hydroxylation sites is 1. The Morgan fingerprint density at radius 3 is 2.47 bits per heavy atom. The zero-order valence-electron chi connectivity index (χ0n) is 19.5. The SMILES string of the molecule is CCC(=O)OCCC1CCN(CCN2CCCC(c3ccccc3)c3ccccc32)CC1. The van der Waals surface area contributed by atoms with Crippen LogP contribution in [0.1, 0.15) is 62.5 Å². The first kappa shape index (κ1) is 22.8. The average Bonchev–Trinajstić information content (AvgIpc) is 3.03. The van der Waals surface area contributed by atoms with Crippen LogP contribution in [-0.2, 0) is 9.53 Å². The quantitative estimate of drug-likeness (QED) is 0.516. The summed E-state index contributed by atoms with van der Waals surface area (Å²) in [5.41, 5.74) is 4.34. The highest BCUT2D eigenvalue weighted by Gasteiger charge is 2.25. The Kier molecular flexibility index (Phi) is 8.22. The van der Waals surface area contributed by atoms with Crippen LogP contribution in [0.4, 0.5) is 5.69 Å². The number of carbonyl (C=O) groups is 1. The third-order valence-corrected chi connectivity index (χ3v) is 7.25. The van der Waals surface area contributed by atoms with Crippen LogP contribution >= 0.6 is 0 Å². The fourth-order valence-corrected chi connectivity index (χ4v) is 5.30. The van der Waals surface area contributed by atoms with Crippen molar-refractivity contribution >= 4 is 11.7 Å². The van der Waals surface area contributed by atoms with Gasteiger partial charge in [0.2, 0.25) is 0 Å². The number of nitrogens with zero attached hydrogens (tertiary/aromatic N) is 2. The predicted octanol–water partition coefficient (Wildman–Crippen LogP) is 5.47. The molecule has 1 atom stereocenters. The molecule has 1 unspecified atom stereocenters. The number of fused-ring (bicyclic) bond motifs is 1. The molecular formula is C28H38N2O2. The van der Waals surface area contributed by atoms with Crippen LogP contribution in [-0.4, -0.2) is 50.2 Å². The number of benzene rings is 2. The molecule has 2 aliphatic heterocycles. The fraction of sp³-hybridized carbons (Fsp3) is 0.536. The topological polar surface area (TPSA) is 32.8 Å². The highest BCUT2D eigenvalue weighted by Crippen LogP contribution is 2.38. The summed E-state index contributed by atoms with van der Waals surface area (Å²) in [6.07, 6.45) is 6.37. The van der Waals surface area contributed by atoms with Crippen molar-refractivity contribution in [2.45, 2.75) is 51.4 Å². The fourth-order valence-electron chi connectivity index (χ4n) is 5.30. The van der Waals surface area contributed by atoms with Crippen LogP contribution < -0.4 is 4.90 Å². The van der Waals surface area contributed by atoms with Gasteiger partial charge in [-0.15, -0.1) is 0 Å². The van der Waals surface area contributed by atoms with Crippen molar-refractivity contribution < 1.29 is 9.53 Å². The molecule has 0 radical (unpaired) electrons. The molecule has 172 valence electrons. The Labute approximate surface area is 193 Å². The summed E-state index contributed by atoms with van der Waals surface area (Å²) in [6, 6.07) is 20.0. The van der Waals surface area contributed by atoms with Gasteiger partial charge < -0.3 is 14.5 Å². The first-order valence-electron chi connectivity index (χ1n) is 12.5. The van der Waals surface area contributed by atoms with Gasteiger partial charge in [-0.05, 0) is 68.3 Å². The smallest absolute Gasteiger partial charge is 0.305 e.